The molecule has 0 radical (unpaired) electrons. The topological polar surface area (TPSA) is 52.3 Å². The van der Waals surface area contributed by atoms with Crippen molar-refractivity contribution in [3.63, 3.8) is 0 Å². The standard InChI is InChI=1S/C14H15NO3/c1-3-11-12(14(16)17-4-2)15-18-13(11)10-8-6-5-7-9-10/h5-9H,3-4H2,1-2H3. The van der Waals surface area contributed by atoms with Crippen LogP contribution in [-0.2, 0) is 11.2 Å². The predicted molar refractivity (Wildman–Crippen MR) is 67.3 cm³/mol. The lowest BCUT2D eigenvalue weighted by Crippen LogP contribution is -2.07. The molecule has 0 amide bonds. The zero-order valence-electron chi connectivity index (χ0n) is 10.5. The Labute approximate surface area is 106 Å². The van der Waals surface area contributed by atoms with Crippen LogP contribution in [0.25, 0.3) is 11.3 Å². The van der Waals surface area contributed by atoms with Crippen LogP contribution < -0.4 is 0 Å². The van der Waals surface area contributed by atoms with Crippen molar-refractivity contribution < 1.29 is 14.1 Å². The van der Waals surface area contributed by atoms with Gasteiger partial charge in [0.1, 0.15) is 0 Å². The quantitative estimate of drug-likeness (QED) is 0.777. The molecule has 0 saturated carbocycles. The highest BCUT2D eigenvalue weighted by molar-refractivity contribution is 5.90. The first-order valence-electron chi connectivity index (χ1n) is 5.99. The minimum Gasteiger partial charge on any atom is -0.461 e. The van der Waals surface area contributed by atoms with Crippen molar-refractivity contribution in [2.24, 2.45) is 0 Å². The van der Waals surface area contributed by atoms with Crippen LogP contribution in [0.5, 0.6) is 0 Å². The van der Waals surface area contributed by atoms with Crippen LogP contribution in [0.3, 0.4) is 0 Å². The summed E-state index contributed by atoms with van der Waals surface area (Å²) < 4.78 is 10.2. The van der Waals surface area contributed by atoms with E-state index >= 15 is 0 Å². The van der Waals surface area contributed by atoms with Gasteiger partial charge in [0.25, 0.3) is 0 Å². The second-order valence-electron chi connectivity index (χ2n) is 3.78. The number of nitrogens with zero attached hydrogens (tertiary/aromatic N) is 1. The third-order valence-corrected chi connectivity index (χ3v) is 2.65. The second-order valence-corrected chi connectivity index (χ2v) is 3.78. The molecule has 1 heterocycles. The molecule has 2 aromatic rings. The molecule has 0 aliphatic heterocycles. The number of rotatable bonds is 4. The molecule has 4 nitrogen and oxygen atoms in total. The molecule has 4 heteroatoms. The summed E-state index contributed by atoms with van der Waals surface area (Å²) >= 11 is 0. The third-order valence-electron chi connectivity index (χ3n) is 2.65. The van der Waals surface area contributed by atoms with Gasteiger partial charge in [-0.25, -0.2) is 4.79 Å². The van der Waals surface area contributed by atoms with Gasteiger partial charge in [-0.05, 0) is 13.3 Å². The molecule has 0 saturated heterocycles. The van der Waals surface area contributed by atoms with E-state index in [1.165, 1.54) is 0 Å². The van der Waals surface area contributed by atoms with Crippen molar-refractivity contribution in [3.8, 4) is 11.3 Å². The van der Waals surface area contributed by atoms with Crippen molar-refractivity contribution in [2.45, 2.75) is 20.3 Å². The molecule has 0 fully saturated rings. The van der Waals surface area contributed by atoms with Crippen molar-refractivity contribution in [1.29, 1.82) is 0 Å². The summed E-state index contributed by atoms with van der Waals surface area (Å²) in [5.74, 6) is 0.210. The lowest BCUT2D eigenvalue weighted by Gasteiger charge is -2.01. The maximum absolute atomic E-state index is 11.7. The Kier molecular flexibility index (Phi) is 3.77. The number of benzene rings is 1. The Balaban J connectivity index is 2.42. The number of hydrogen-bond donors (Lipinski definition) is 0. The Morgan fingerprint density at radius 2 is 2.00 bits per heavy atom. The molecule has 94 valence electrons. The van der Waals surface area contributed by atoms with Crippen LogP contribution in [0.4, 0.5) is 0 Å². The molecule has 2 rings (SSSR count). The zero-order chi connectivity index (χ0) is 13.0. The fourth-order valence-corrected chi connectivity index (χ4v) is 1.81. The summed E-state index contributed by atoms with van der Waals surface area (Å²) in [4.78, 5) is 11.7. The first kappa shape index (κ1) is 12.4. The lowest BCUT2D eigenvalue weighted by molar-refractivity contribution is 0.0513. The minimum absolute atomic E-state index is 0.276. The Morgan fingerprint density at radius 1 is 1.28 bits per heavy atom. The van der Waals surface area contributed by atoms with E-state index in [1.807, 2.05) is 37.3 Å². The minimum atomic E-state index is -0.430. The second kappa shape index (κ2) is 5.49. The van der Waals surface area contributed by atoms with Crippen LogP contribution in [0, 0.1) is 0 Å². The van der Waals surface area contributed by atoms with Gasteiger partial charge in [0.2, 0.25) is 0 Å². The van der Waals surface area contributed by atoms with Gasteiger partial charge in [-0.2, -0.15) is 0 Å². The summed E-state index contributed by atoms with van der Waals surface area (Å²) in [7, 11) is 0. The molecule has 0 aliphatic carbocycles. The highest BCUT2D eigenvalue weighted by Crippen LogP contribution is 2.27. The van der Waals surface area contributed by atoms with Crippen LogP contribution in [0.1, 0.15) is 29.9 Å². The Morgan fingerprint density at radius 3 is 2.61 bits per heavy atom. The molecular formula is C14H15NO3. The van der Waals surface area contributed by atoms with Gasteiger partial charge in [-0.15, -0.1) is 0 Å². The van der Waals surface area contributed by atoms with Crippen molar-refractivity contribution in [3.05, 3.63) is 41.6 Å². The maximum Gasteiger partial charge on any atom is 0.360 e. The van der Waals surface area contributed by atoms with Gasteiger partial charge < -0.3 is 9.26 Å². The van der Waals surface area contributed by atoms with Gasteiger partial charge in [0.15, 0.2) is 11.5 Å². The van der Waals surface area contributed by atoms with Gasteiger partial charge in [-0.3, -0.25) is 0 Å². The van der Waals surface area contributed by atoms with E-state index in [4.69, 9.17) is 9.26 Å². The Hall–Kier alpha value is -2.10. The Bertz CT molecular complexity index is 531. The molecule has 1 aromatic heterocycles. The number of aromatic nitrogens is 1. The largest absolute Gasteiger partial charge is 0.461 e. The summed E-state index contributed by atoms with van der Waals surface area (Å²) in [5, 5.41) is 3.83. The van der Waals surface area contributed by atoms with E-state index in [2.05, 4.69) is 5.16 Å². The van der Waals surface area contributed by atoms with E-state index in [0.29, 0.717) is 18.8 Å². The van der Waals surface area contributed by atoms with Crippen molar-refractivity contribution >= 4 is 5.97 Å². The van der Waals surface area contributed by atoms with E-state index in [9.17, 15) is 4.79 Å². The van der Waals surface area contributed by atoms with Crippen LogP contribution in [0.15, 0.2) is 34.9 Å². The number of carbonyl (C=O) groups is 1. The normalized spacial score (nSPS) is 10.3. The van der Waals surface area contributed by atoms with E-state index in [0.717, 1.165) is 11.1 Å². The molecule has 0 aliphatic rings. The summed E-state index contributed by atoms with van der Waals surface area (Å²) in [6, 6.07) is 9.61. The molecular weight excluding hydrogens is 230 g/mol. The third kappa shape index (κ3) is 2.27. The summed E-state index contributed by atoms with van der Waals surface area (Å²) in [5.41, 5.74) is 1.98. The van der Waals surface area contributed by atoms with Gasteiger partial charge in [0.05, 0.1) is 6.61 Å². The zero-order valence-corrected chi connectivity index (χ0v) is 10.5. The number of carbonyl (C=O) groups excluding carboxylic acids is 1. The van der Waals surface area contributed by atoms with Crippen LogP contribution in [0.2, 0.25) is 0 Å². The molecule has 0 atom stereocenters. The predicted octanol–water partition coefficient (Wildman–Crippen LogP) is 3.08. The number of ether oxygens (including phenoxy) is 1. The fourth-order valence-electron chi connectivity index (χ4n) is 1.81. The van der Waals surface area contributed by atoms with Crippen LogP contribution >= 0.6 is 0 Å². The first-order chi connectivity index (χ1) is 8.77. The first-order valence-corrected chi connectivity index (χ1v) is 5.99. The molecule has 1 aromatic carbocycles. The average Bonchev–Trinajstić information content (AvgIpc) is 2.83. The molecule has 0 bridgehead atoms. The van der Waals surface area contributed by atoms with Crippen LogP contribution in [-0.4, -0.2) is 17.7 Å². The lowest BCUT2D eigenvalue weighted by atomic mass is 10.0. The smallest absolute Gasteiger partial charge is 0.360 e. The SMILES string of the molecule is CCOC(=O)c1noc(-c2ccccc2)c1CC. The average molecular weight is 245 g/mol. The molecule has 0 unspecified atom stereocenters. The molecule has 0 N–H and O–H groups in total. The number of hydrogen-bond acceptors (Lipinski definition) is 4. The highest BCUT2D eigenvalue weighted by Gasteiger charge is 2.22. The number of esters is 1. The fraction of sp³-hybridized carbons (Fsp3) is 0.286. The monoisotopic (exact) mass is 245 g/mol. The van der Waals surface area contributed by atoms with E-state index in [-0.39, 0.29) is 5.69 Å². The highest BCUT2D eigenvalue weighted by atomic mass is 16.5. The van der Waals surface area contributed by atoms with E-state index < -0.39 is 5.97 Å². The molecule has 0 spiro atoms. The van der Waals surface area contributed by atoms with Gasteiger partial charge in [-0.1, -0.05) is 42.4 Å². The van der Waals surface area contributed by atoms with Crippen molar-refractivity contribution in [2.75, 3.05) is 6.61 Å². The maximum atomic E-state index is 11.7. The van der Waals surface area contributed by atoms with Gasteiger partial charge in [0, 0.05) is 11.1 Å². The van der Waals surface area contributed by atoms with Gasteiger partial charge >= 0.3 is 5.97 Å². The summed E-state index contributed by atoms with van der Waals surface area (Å²) in [6.07, 6.45) is 0.669. The summed E-state index contributed by atoms with van der Waals surface area (Å²) in [6.45, 7) is 4.05. The van der Waals surface area contributed by atoms with Crippen molar-refractivity contribution in [1.82, 2.24) is 5.16 Å². The molecule has 18 heavy (non-hydrogen) atoms. The van der Waals surface area contributed by atoms with E-state index in [1.54, 1.807) is 6.92 Å².